The molecule has 120 valence electrons. The number of pyridine rings is 1. The average Bonchev–Trinajstić information content (AvgIpc) is 2.55. The van der Waals surface area contributed by atoms with E-state index in [1.807, 2.05) is 37.4 Å². The van der Waals surface area contributed by atoms with E-state index in [0.717, 1.165) is 34.4 Å². The maximum absolute atomic E-state index is 11.1. The van der Waals surface area contributed by atoms with Crippen molar-refractivity contribution in [3.05, 3.63) is 47.8 Å². The van der Waals surface area contributed by atoms with Gasteiger partial charge in [-0.2, -0.15) is 0 Å². The van der Waals surface area contributed by atoms with Crippen LogP contribution >= 0.6 is 0 Å². The molecule has 0 aliphatic carbocycles. The fourth-order valence-corrected chi connectivity index (χ4v) is 3.08. The second kappa shape index (κ2) is 6.28. The Hall–Kier alpha value is -2.56. The molecule has 0 bridgehead atoms. The lowest BCUT2D eigenvalue weighted by Gasteiger charge is -2.30. The fraction of sp³-hybridized carbons (Fsp3) is 0.333. The third-order valence-electron chi connectivity index (χ3n) is 4.33. The minimum absolute atomic E-state index is 0.155. The van der Waals surface area contributed by atoms with Crippen LogP contribution in [0.2, 0.25) is 0 Å². The lowest BCUT2D eigenvalue weighted by Crippen LogP contribution is -2.31. The van der Waals surface area contributed by atoms with Gasteiger partial charge in [-0.25, -0.2) is 4.79 Å². The van der Waals surface area contributed by atoms with Gasteiger partial charge < -0.3 is 14.7 Å². The van der Waals surface area contributed by atoms with E-state index >= 15 is 0 Å². The van der Waals surface area contributed by atoms with Crippen LogP contribution in [0.1, 0.15) is 23.5 Å². The molecule has 1 aliphatic heterocycles. The number of likely N-dealkylation sites (N-methyl/N-ethyl adjacent to an activating group) is 1. The standard InChI is InChI=1S/C18H20N2O3/c1-12-10-19-8-6-14(12)16-5-3-4-15-13(7-9-23-17(15)16)11-20(2)18(21)22/h3-6,8,10,13H,7,9,11H2,1-2H3,(H,21,22)/t13-/m0/s1. The zero-order valence-corrected chi connectivity index (χ0v) is 13.3. The molecule has 5 heteroatoms. The summed E-state index contributed by atoms with van der Waals surface area (Å²) in [5.74, 6) is 1.03. The van der Waals surface area contributed by atoms with Gasteiger partial charge in [0.2, 0.25) is 0 Å². The van der Waals surface area contributed by atoms with Gasteiger partial charge >= 0.3 is 6.09 Å². The van der Waals surface area contributed by atoms with Crippen molar-refractivity contribution in [1.82, 2.24) is 9.88 Å². The van der Waals surface area contributed by atoms with Gasteiger partial charge in [-0.05, 0) is 36.1 Å². The Morgan fingerprint density at radius 3 is 2.96 bits per heavy atom. The van der Waals surface area contributed by atoms with Gasteiger partial charge in [-0.15, -0.1) is 0 Å². The number of fused-ring (bicyclic) bond motifs is 1. The van der Waals surface area contributed by atoms with Crippen molar-refractivity contribution in [3.63, 3.8) is 0 Å². The molecule has 2 heterocycles. The van der Waals surface area contributed by atoms with E-state index in [1.54, 1.807) is 13.2 Å². The molecule has 0 spiro atoms. The van der Waals surface area contributed by atoms with E-state index in [0.29, 0.717) is 13.2 Å². The number of para-hydroxylation sites is 1. The summed E-state index contributed by atoms with van der Waals surface area (Å²) in [6.45, 7) is 3.11. The van der Waals surface area contributed by atoms with E-state index in [4.69, 9.17) is 9.84 Å². The lowest BCUT2D eigenvalue weighted by atomic mass is 9.88. The van der Waals surface area contributed by atoms with E-state index < -0.39 is 6.09 Å². The Morgan fingerprint density at radius 1 is 1.39 bits per heavy atom. The maximum Gasteiger partial charge on any atom is 0.407 e. The molecule has 0 fully saturated rings. The SMILES string of the molecule is Cc1cnccc1-c1cccc2c1OCC[C@H]2CN(C)C(=O)O. The summed E-state index contributed by atoms with van der Waals surface area (Å²) in [5, 5.41) is 9.12. The monoisotopic (exact) mass is 312 g/mol. The number of hydrogen-bond donors (Lipinski definition) is 1. The van der Waals surface area contributed by atoms with E-state index in [9.17, 15) is 4.79 Å². The van der Waals surface area contributed by atoms with Crippen LogP contribution in [-0.4, -0.2) is 41.3 Å². The van der Waals surface area contributed by atoms with Crippen LogP contribution in [0.5, 0.6) is 5.75 Å². The maximum atomic E-state index is 11.1. The normalized spacial score (nSPS) is 16.3. The summed E-state index contributed by atoms with van der Waals surface area (Å²) < 4.78 is 5.95. The third kappa shape index (κ3) is 2.99. The first kappa shape index (κ1) is 15.3. The lowest BCUT2D eigenvalue weighted by molar-refractivity contribution is 0.149. The van der Waals surface area contributed by atoms with Crippen LogP contribution < -0.4 is 4.74 Å². The quantitative estimate of drug-likeness (QED) is 0.941. The predicted octanol–water partition coefficient (Wildman–Crippen LogP) is 3.53. The molecule has 0 saturated heterocycles. The molecule has 0 radical (unpaired) electrons. The minimum Gasteiger partial charge on any atom is -0.493 e. The largest absolute Gasteiger partial charge is 0.493 e. The number of benzene rings is 1. The molecule has 0 saturated carbocycles. The first-order valence-corrected chi connectivity index (χ1v) is 7.68. The predicted molar refractivity (Wildman–Crippen MR) is 87.9 cm³/mol. The van der Waals surface area contributed by atoms with Crippen molar-refractivity contribution < 1.29 is 14.6 Å². The second-order valence-corrected chi connectivity index (χ2v) is 5.91. The summed E-state index contributed by atoms with van der Waals surface area (Å²) >= 11 is 0. The van der Waals surface area contributed by atoms with Gasteiger partial charge in [-0.3, -0.25) is 4.98 Å². The zero-order chi connectivity index (χ0) is 16.4. The van der Waals surface area contributed by atoms with Crippen LogP contribution in [-0.2, 0) is 0 Å². The summed E-state index contributed by atoms with van der Waals surface area (Å²) in [4.78, 5) is 16.6. The number of nitrogens with zero attached hydrogens (tertiary/aromatic N) is 2. The number of aromatic nitrogens is 1. The molecule has 5 nitrogen and oxygen atoms in total. The van der Waals surface area contributed by atoms with E-state index in [1.165, 1.54) is 4.90 Å². The fourth-order valence-electron chi connectivity index (χ4n) is 3.08. The number of carbonyl (C=O) groups is 1. The Kier molecular flexibility index (Phi) is 4.19. The minimum atomic E-state index is -0.904. The van der Waals surface area contributed by atoms with Gasteiger partial charge in [0.1, 0.15) is 5.75 Å². The summed E-state index contributed by atoms with van der Waals surface area (Å²) in [6, 6.07) is 8.08. The first-order valence-electron chi connectivity index (χ1n) is 7.68. The molecular weight excluding hydrogens is 292 g/mol. The highest BCUT2D eigenvalue weighted by Crippen LogP contribution is 2.41. The van der Waals surface area contributed by atoms with Crippen molar-refractivity contribution in [2.75, 3.05) is 20.2 Å². The third-order valence-corrected chi connectivity index (χ3v) is 4.33. The molecule has 1 aromatic carbocycles. The molecule has 23 heavy (non-hydrogen) atoms. The summed E-state index contributed by atoms with van der Waals surface area (Å²) in [5.41, 5.74) is 4.32. The summed E-state index contributed by atoms with van der Waals surface area (Å²) in [6.07, 6.45) is 3.54. The van der Waals surface area contributed by atoms with Crippen molar-refractivity contribution >= 4 is 6.09 Å². The Bertz CT molecular complexity index is 730. The molecular formula is C18H20N2O3. The van der Waals surface area contributed by atoms with Crippen LogP contribution in [0.3, 0.4) is 0 Å². The smallest absolute Gasteiger partial charge is 0.407 e. The van der Waals surface area contributed by atoms with Crippen molar-refractivity contribution in [2.24, 2.45) is 0 Å². The second-order valence-electron chi connectivity index (χ2n) is 5.91. The van der Waals surface area contributed by atoms with Gasteiger partial charge in [0, 0.05) is 37.5 Å². The number of carboxylic acid groups (broad SMARTS) is 1. The topological polar surface area (TPSA) is 62.7 Å². The highest BCUT2D eigenvalue weighted by atomic mass is 16.5. The zero-order valence-electron chi connectivity index (χ0n) is 13.3. The van der Waals surface area contributed by atoms with Crippen LogP contribution in [0.25, 0.3) is 11.1 Å². The van der Waals surface area contributed by atoms with Gasteiger partial charge in [-0.1, -0.05) is 18.2 Å². The molecule has 2 aromatic rings. The number of rotatable bonds is 3. The van der Waals surface area contributed by atoms with E-state index in [-0.39, 0.29) is 5.92 Å². The summed E-state index contributed by atoms with van der Waals surface area (Å²) in [7, 11) is 1.61. The molecule has 3 rings (SSSR count). The van der Waals surface area contributed by atoms with Gasteiger partial charge in [0.05, 0.1) is 6.61 Å². The van der Waals surface area contributed by atoms with Gasteiger partial charge in [0.25, 0.3) is 0 Å². The molecule has 0 unspecified atom stereocenters. The number of ether oxygens (including phenoxy) is 1. The molecule has 1 amide bonds. The number of hydrogen-bond acceptors (Lipinski definition) is 3. The molecule has 1 aliphatic rings. The first-order chi connectivity index (χ1) is 11.1. The molecule has 1 atom stereocenters. The Morgan fingerprint density at radius 2 is 2.22 bits per heavy atom. The van der Waals surface area contributed by atoms with Crippen LogP contribution in [0.15, 0.2) is 36.7 Å². The van der Waals surface area contributed by atoms with Crippen molar-refractivity contribution in [2.45, 2.75) is 19.3 Å². The van der Waals surface area contributed by atoms with Crippen molar-refractivity contribution in [1.29, 1.82) is 0 Å². The Labute approximate surface area is 135 Å². The highest BCUT2D eigenvalue weighted by Gasteiger charge is 2.26. The number of aryl methyl sites for hydroxylation is 1. The van der Waals surface area contributed by atoms with Gasteiger partial charge in [0.15, 0.2) is 0 Å². The molecule has 1 aromatic heterocycles. The Balaban J connectivity index is 2.01. The average molecular weight is 312 g/mol. The molecule has 1 N–H and O–H groups in total. The number of amides is 1. The van der Waals surface area contributed by atoms with Crippen LogP contribution in [0.4, 0.5) is 4.79 Å². The van der Waals surface area contributed by atoms with Crippen LogP contribution in [0, 0.1) is 6.92 Å². The van der Waals surface area contributed by atoms with E-state index in [2.05, 4.69) is 4.98 Å². The highest BCUT2D eigenvalue weighted by molar-refractivity contribution is 5.75. The van der Waals surface area contributed by atoms with Crippen molar-refractivity contribution in [3.8, 4) is 16.9 Å².